The van der Waals surface area contributed by atoms with Crippen molar-refractivity contribution in [3.8, 4) is 5.75 Å². The van der Waals surface area contributed by atoms with Crippen LogP contribution in [0.4, 0.5) is 5.69 Å². The van der Waals surface area contributed by atoms with Gasteiger partial charge in [-0.15, -0.1) is 11.8 Å². The lowest BCUT2D eigenvalue weighted by Crippen LogP contribution is -2.35. The largest absolute Gasteiger partial charge is 0.497 e. The molecule has 2 aromatic carbocycles. The van der Waals surface area contributed by atoms with Crippen LogP contribution in [0, 0.1) is 6.92 Å². The second kappa shape index (κ2) is 8.06. The lowest BCUT2D eigenvalue weighted by Gasteiger charge is -2.30. The number of aryl methyl sites for hydroxylation is 2. The van der Waals surface area contributed by atoms with E-state index in [-0.39, 0.29) is 5.91 Å². The average Bonchev–Trinajstić information content (AvgIpc) is 3.16. The van der Waals surface area contributed by atoms with E-state index in [0.717, 1.165) is 34.7 Å². The van der Waals surface area contributed by atoms with E-state index in [1.165, 1.54) is 11.8 Å². The standard InChI is InChI=1S/C21H21N3O3S/c1-14-22-20(27-23-14)13-28-19-8-4-3-7-17(19)21(25)24-11-5-6-15-12-16(26-2)9-10-18(15)24/h3-4,7-10,12H,5-6,11,13H2,1-2H3. The van der Waals surface area contributed by atoms with Crippen LogP contribution in [0.3, 0.4) is 0 Å². The van der Waals surface area contributed by atoms with E-state index in [1.807, 2.05) is 47.4 Å². The van der Waals surface area contributed by atoms with E-state index in [1.54, 1.807) is 14.0 Å². The van der Waals surface area contributed by atoms with Crippen LogP contribution in [0.1, 0.15) is 34.1 Å². The number of anilines is 1. The second-order valence-corrected chi connectivity index (χ2v) is 7.59. The third kappa shape index (κ3) is 3.75. The third-order valence-corrected chi connectivity index (χ3v) is 5.75. The van der Waals surface area contributed by atoms with Gasteiger partial charge in [0.25, 0.3) is 5.91 Å². The molecule has 7 heteroatoms. The Morgan fingerprint density at radius 3 is 2.93 bits per heavy atom. The molecule has 0 bridgehead atoms. The van der Waals surface area contributed by atoms with Gasteiger partial charge in [-0.1, -0.05) is 17.3 Å². The van der Waals surface area contributed by atoms with Crippen LogP contribution in [-0.4, -0.2) is 29.7 Å². The molecule has 4 rings (SSSR count). The van der Waals surface area contributed by atoms with E-state index in [0.29, 0.717) is 29.6 Å². The summed E-state index contributed by atoms with van der Waals surface area (Å²) in [6.07, 6.45) is 1.88. The Morgan fingerprint density at radius 1 is 1.29 bits per heavy atom. The summed E-state index contributed by atoms with van der Waals surface area (Å²) in [7, 11) is 1.66. The molecule has 144 valence electrons. The molecule has 0 fully saturated rings. The molecular formula is C21H21N3O3S. The first-order valence-corrected chi connectivity index (χ1v) is 10.1. The van der Waals surface area contributed by atoms with Crippen molar-refractivity contribution in [1.29, 1.82) is 0 Å². The van der Waals surface area contributed by atoms with Gasteiger partial charge in [0.2, 0.25) is 5.89 Å². The molecule has 2 heterocycles. The van der Waals surface area contributed by atoms with E-state index in [9.17, 15) is 4.79 Å². The molecule has 0 saturated heterocycles. The normalized spacial score (nSPS) is 13.3. The molecule has 1 aliphatic heterocycles. The van der Waals surface area contributed by atoms with Gasteiger partial charge in [-0.25, -0.2) is 0 Å². The highest BCUT2D eigenvalue weighted by molar-refractivity contribution is 7.98. The summed E-state index contributed by atoms with van der Waals surface area (Å²) in [6, 6.07) is 13.6. The molecular weight excluding hydrogens is 374 g/mol. The zero-order valence-electron chi connectivity index (χ0n) is 15.8. The first kappa shape index (κ1) is 18.6. The Morgan fingerprint density at radius 2 is 2.14 bits per heavy atom. The van der Waals surface area contributed by atoms with Gasteiger partial charge in [-0.2, -0.15) is 4.98 Å². The number of thioether (sulfide) groups is 1. The fraction of sp³-hybridized carbons (Fsp3) is 0.286. The summed E-state index contributed by atoms with van der Waals surface area (Å²) in [5.41, 5.74) is 2.79. The van der Waals surface area contributed by atoms with Crippen LogP contribution in [0.5, 0.6) is 5.75 Å². The van der Waals surface area contributed by atoms with Crippen molar-refractivity contribution >= 4 is 23.4 Å². The van der Waals surface area contributed by atoms with Crippen LogP contribution in [-0.2, 0) is 12.2 Å². The number of rotatable bonds is 5. The van der Waals surface area contributed by atoms with Crippen LogP contribution >= 0.6 is 11.8 Å². The number of ether oxygens (including phenoxy) is 1. The smallest absolute Gasteiger partial charge is 0.259 e. The number of hydrogen-bond acceptors (Lipinski definition) is 6. The van der Waals surface area contributed by atoms with E-state index < -0.39 is 0 Å². The molecule has 0 aliphatic carbocycles. The maximum absolute atomic E-state index is 13.4. The number of methoxy groups -OCH3 is 1. The van der Waals surface area contributed by atoms with Crippen molar-refractivity contribution in [3.63, 3.8) is 0 Å². The zero-order valence-corrected chi connectivity index (χ0v) is 16.7. The van der Waals surface area contributed by atoms with Gasteiger partial charge in [-0.3, -0.25) is 4.79 Å². The van der Waals surface area contributed by atoms with Crippen molar-refractivity contribution in [2.75, 3.05) is 18.6 Å². The van der Waals surface area contributed by atoms with Crippen molar-refractivity contribution in [2.24, 2.45) is 0 Å². The summed E-state index contributed by atoms with van der Waals surface area (Å²) in [5.74, 6) is 2.52. The van der Waals surface area contributed by atoms with Gasteiger partial charge in [0.15, 0.2) is 5.82 Å². The quantitative estimate of drug-likeness (QED) is 0.601. The zero-order chi connectivity index (χ0) is 19.5. The van der Waals surface area contributed by atoms with Gasteiger partial charge >= 0.3 is 0 Å². The van der Waals surface area contributed by atoms with Gasteiger partial charge in [0, 0.05) is 17.1 Å². The fourth-order valence-electron chi connectivity index (χ4n) is 3.36. The number of carbonyl (C=O) groups is 1. The summed E-state index contributed by atoms with van der Waals surface area (Å²) >= 11 is 1.53. The molecule has 0 atom stereocenters. The van der Waals surface area contributed by atoms with Gasteiger partial charge in [0.1, 0.15) is 5.75 Å². The molecule has 0 unspecified atom stereocenters. The number of fused-ring (bicyclic) bond motifs is 1. The number of aromatic nitrogens is 2. The topological polar surface area (TPSA) is 68.5 Å². The number of carbonyl (C=O) groups excluding carboxylic acids is 1. The van der Waals surface area contributed by atoms with E-state index >= 15 is 0 Å². The molecule has 3 aromatic rings. The molecule has 0 radical (unpaired) electrons. The monoisotopic (exact) mass is 395 g/mol. The predicted octanol–water partition coefficient (Wildman–Crippen LogP) is 4.27. The lowest BCUT2D eigenvalue weighted by atomic mass is 10.0. The molecule has 1 aliphatic rings. The minimum absolute atomic E-state index is 0.0101. The van der Waals surface area contributed by atoms with Crippen molar-refractivity contribution in [2.45, 2.75) is 30.4 Å². The Labute approximate surface area is 167 Å². The molecule has 0 N–H and O–H groups in total. The molecule has 0 saturated carbocycles. The summed E-state index contributed by atoms with van der Waals surface area (Å²) < 4.78 is 10.5. The summed E-state index contributed by atoms with van der Waals surface area (Å²) in [5, 5.41) is 3.81. The Kier molecular flexibility index (Phi) is 5.34. The Balaban J connectivity index is 1.59. The maximum atomic E-state index is 13.4. The van der Waals surface area contributed by atoms with Gasteiger partial charge in [-0.05, 0) is 55.7 Å². The van der Waals surface area contributed by atoms with Crippen molar-refractivity contribution < 1.29 is 14.1 Å². The lowest BCUT2D eigenvalue weighted by molar-refractivity contribution is 0.0982. The minimum atomic E-state index is 0.0101. The number of amides is 1. The maximum Gasteiger partial charge on any atom is 0.259 e. The highest BCUT2D eigenvalue weighted by Gasteiger charge is 2.25. The van der Waals surface area contributed by atoms with Crippen molar-refractivity contribution in [1.82, 2.24) is 10.1 Å². The van der Waals surface area contributed by atoms with Crippen LogP contribution in [0.15, 0.2) is 51.9 Å². The number of hydrogen-bond donors (Lipinski definition) is 0. The highest BCUT2D eigenvalue weighted by Crippen LogP contribution is 2.33. The van der Waals surface area contributed by atoms with Gasteiger partial charge in [0.05, 0.1) is 18.4 Å². The summed E-state index contributed by atoms with van der Waals surface area (Å²) in [4.78, 5) is 20.4. The highest BCUT2D eigenvalue weighted by atomic mass is 32.2. The Hall–Kier alpha value is -2.80. The molecule has 0 spiro atoms. The first-order valence-electron chi connectivity index (χ1n) is 9.15. The third-order valence-electron chi connectivity index (χ3n) is 4.69. The van der Waals surface area contributed by atoms with Crippen molar-refractivity contribution in [3.05, 3.63) is 65.3 Å². The fourth-order valence-corrected chi connectivity index (χ4v) is 4.25. The molecule has 6 nitrogen and oxygen atoms in total. The molecule has 1 aromatic heterocycles. The summed E-state index contributed by atoms with van der Waals surface area (Å²) in [6.45, 7) is 2.50. The van der Waals surface area contributed by atoms with Crippen LogP contribution < -0.4 is 9.64 Å². The predicted molar refractivity (Wildman–Crippen MR) is 108 cm³/mol. The first-order chi connectivity index (χ1) is 13.7. The van der Waals surface area contributed by atoms with E-state index in [2.05, 4.69) is 10.1 Å². The minimum Gasteiger partial charge on any atom is -0.497 e. The number of nitrogens with zero attached hydrogens (tertiary/aromatic N) is 3. The molecule has 28 heavy (non-hydrogen) atoms. The van der Waals surface area contributed by atoms with Gasteiger partial charge < -0.3 is 14.2 Å². The van der Waals surface area contributed by atoms with E-state index in [4.69, 9.17) is 9.26 Å². The average molecular weight is 395 g/mol. The SMILES string of the molecule is COc1ccc2c(c1)CCCN2C(=O)c1ccccc1SCc1nc(C)no1. The number of benzene rings is 2. The Bertz CT molecular complexity index is 1000. The second-order valence-electron chi connectivity index (χ2n) is 6.58. The van der Waals surface area contributed by atoms with Crippen LogP contribution in [0.2, 0.25) is 0 Å². The van der Waals surface area contributed by atoms with Crippen LogP contribution in [0.25, 0.3) is 0 Å². The molecule has 1 amide bonds.